The van der Waals surface area contributed by atoms with Crippen LogP contribution in [0.4, 0.5) is 5.69 Å². The number of rotatable bonds is 2. The average molecular weight is 352 g/mol. The number of esters is 1. The predicted octanol–water partition coefficient (Wildman–Crippen LogP) is 3.65. The highest BCUT2D eigenvalue weighted by molar-refractivity contribution is 9.10. The number of benzene rings is 1. The zero-order valence-corrected chi connectivity index (χ0v) is 13.3. The lowest BCUT2D eigenvalue weighted by molar-refractivity contribution is -0.153. The van der Waals surface area contributed by atoms with E-state index in [9.17, 15) is 9.59 Å². The molecule has 1 aliphatic carbocycles. The highest BCUT2D eigenvalue weighted by Crippen LogP contribution is 2.44. The van der Waals surface area contributed by atoms with Crippen molar-refractivity contribution in [1.82, 2.24) is 0 Å². The summed E-state index contributed by atoms with van der Waals surface area (Å²) in [7, 11) is 0. The van der Waals surface area contributed by atoms with Gasteiger partial charge < -0.3 is 10.1 Å². The number of hydrogen-bond donors (Lipinski definition) is 1. The van der Waals surface area contributed by atoms with Crippen LogP contribution in [-0.2, 0) is 14.3 Å². The van der Waals surface area contributed by atoms with Crippen molar-refractivity contribution >= 4 is 33.5 Å². The third-order valence-electron chi connectivity index (χ3n) is 4.45. The number of hydrogen-bond acceptors (Lipinski definition) is 3. The van der Waals surface area contributed by atoms with E-state index in [1.165, 1.54) is 0 Å². The normalized spacial score (nSPS) is 23.9. The molecule has 1 saturated heterocycles. The lowest BCUT2D eigenvalue weighted by Crippen LogP contribution is -2.43. The van der Waals surface area contributed by atoms with Crippen molar-refractivity contribution in [3.05, 3.63) is 28.7 Å². The van der Waals surface area contributed by atoms with Crippen LogP contribution in [0.3, 0.4) is 0 Å². The SMILES string of the molecule is O=C1CC(C(=O)Nc2ccc(Br)cc2)C2(CCCCC2)O1. The number of anilines is 1. The van der Waals surface area contributed by atoms with E-state index < -0.39 is 5.60 Å². The highest BCUT2D eigenvalue weighted by atomic mass is 79.9. The molecule has 1 unspecified atom stereocenters. The van der Waals surface area contributed by atoms with E-state index in [0.29, 0.717) is 0 Å². The predicted molar refractivity (Wildman–Crippen MR) is 82.8 cm³/mol. The minimum atomic E-state index is -0.561. The smallest absolute Gasteiger partial charge is 0.307 e. The standard InChI is InChI=1S/C16H18BrNO3/c17-11-4-6-12(7-5-11)18-15(20)13-10-14(19)21-16(13)8-2-1-3-9-16/h4-7,13H,1-3,8-10H2,(H,18,20). The van der Waals surface area contributed by atoms with Gasteiger partial charge in [0, 0.05) is 10.2 Å². The molecule has 2 aliphatic rings. The van der Waals surface area contributed by atoms with Gasteiger partial charge in [0.1, 0.15) is 5.60 Å². The summed E-state index contributed by atoms with van der Waals surface area (Å²) in [4.78, 5) is 24.3. The van der Waals surface area contributed by atoms with Crippen molar-refractivity contribution in [3.8, 4) is 0 Å². The molecule has 3 rings (SSSR count). The fourth-order valence-corrected chi connectivity index (χ4v) is 3.65. The molecular formula is C16H18BrNO3. The third kappa shape index (κ3) is 2.98. The molecule has 5 heteroatoms. The Morgan fingerprint density at radius 1 is 1.19 bits per heavy atom. The zero-order chi connectivity index (χ0) is 14.9. The van der Waals surface area contributed by atoms with E-state index in [-0.39, 0.29) is 24.2 Å². The van der Waals surface area contributed by atoms with Gasteiger partial charge in [-0.2, -0.15) is 0 Å². The Morgan fingerprint density at radius 3 is 2.52 bits per heavy atom. The second kappa shape index (κ2) is 5.79. The van der Waals surface area contributed by atoms with Crippen LogP contribution in [-0.4, -0.2) is 17.5 Å². The van der Waals surface area contributed by atoms with Gasteiger partial charge in [-0.25, -0.2) is 0 Å². The second-order valence-corrected chi connectivity index (χ2v) is 6.77. The molecule has 1 spiro atoms. The van der Waals surface area contributed by atoms with Crippen molar-refractivity contribution in [2.24, 2.45) is 5.92 Å². The van der Waals surface area contributed by atoms with Gasteiger partial charge in [0.15, 0.2) is 0 Å². The highest BCUT2D eigenvalue weighted by Gasteiger charge is 2.52. The Balaban J connectivity index is 1.76. The molecule has 1 atom stereocenters. The Morgan fingerprint density at radius 2 is 1.86 bits per heavy atom. The van der Waals surface area contributed by atoms with E-state index in [0.717, 1.165) is 42.3 Å². The van der Waals surface area contributed by atoms with Gasteiger partial charge in [-0.15, -0.1) is 0 Å². The van der Waals surface area contributed by atoms with E-state index >= 15 is 0 Å². The molecule has 112 valence electrons. The molecule has 1 aliphatic heterocycles. The first-order valence-electron chi connectivity index (χ1n) is 7.37. The summed E-state index contributed by atoms with van der Waals surface area (Å²) in [5, 5.41) is 2.91. The summed E-state index contributed by atoms with van der Waals surface area (Å²) < 4.78 is 6.53. The fourth-order valence-electron chi connectivity index (χ4n) is 3.39. The van der Waals surface area contributed by atoms with Crippen LogP contribution in [0.5, 0.6) is 0 Å². The Hall–Kier alpha value is -1.36. The first-order valence-corrected chi connectivity index (χ1v) is 8.17. The van der Waals surface area contributed by atoms with E-state index in [4.69, 9.17) is 4.74 Å². The molecule has 1 amide bonds. The molecule has 1 aromatic rings. The van der Waals surface area contributed by atoms with Crippen LogP contribution >= 0.6 is 15.9 Å². The van der Waals surface area contributed by atoms with Crippen molar-refractivity contribution in [1.29, 1.82) is 0 Å². The number of amides is 1. The van der Waals surface area contributed by atoms with Gasteiger partial charge in [-0.3, -0.25) is 9.59 Å². The van der Waals surface area contributed by atoms with Crippen LogP contribution < -0.4 is 5.32 Å². The zero-order valence-electron chi connectivity index (χ0n) is 11.7. The molecule has 0 bridgehead atoms. The molecule has 0 aromatic heterocycles. The first kappa shape index (κ1) is 14.6. The largest absolute Gasteiger partial charge is 0.458 e. The summed E-state index contributed by atoms with van der Waals surface area (Å²) in [6.45, 7) is 0. The summed E-state index contributed by atoms with van der Waals surface area (Å²) in [6, 6.07) is 7.44. The topological polar surface area (TPSA) is 55.4 Å². The minimum Gasteiger partial charge on any atom is -0.458 e. The van der Waals surface area contributed by atoms with Gasteiger partial charge in [0.05, 0.1) is 12.3 Å². The maximum absolute atomic E-state index is 12.6. The summed E-state index contributed by atoms with van der Waals surface area (Å²) in [5.74, 6) is -0.716. The van der Waals surface area contributed by atoms with E-state index in [1.54, 1.807) is 0 Å². The average Bonchev–Trinajstić information content (AvgIpc) is 2.78. The van der Waals surface area contributed by atoms with Gasteiger partial charge in [0.2, 0.25) is 5.91 Å². The Kier molecular flexibility index (Phi) is 4.02. The summed E-state index contributed by atoms with van der Waals surface area (Å²) in [5.41, 5.74) is 0.183. The molecular weight excluding hydrogens is 334 g/mol. The van der Waals surface area contributed by atoms with Crippen molar-refractivity contribution in [3.63, 3.8) is 0 Å². The van der Waals surface area contributed by atoms with Gasteiger partial charge in [0.25, 0.3) is 0 Å². The van der Waals surface area contributed by atoms with Crippen molar-refractivity contribution in [2.75, 3.05) is 5.32 Å². The van der Waals surface area contributed by atoms with E-state index in [2.05, 4.69) is 21.2 Å². The molecule has 1 heterocycles. The van der Waals surface area contributed by atoms with Crippen molar-refractivity contribution in [2.45, 2.75) is 44.1 Å². The summed E-state index contributed by atoms with van der Waals surface area (Å²) >= 11 is 3.37. The third-order valence-corrected chi connectivity index (χ3v) is 4.98. The van der Waals surface area contributed by atoms with Crippen LogP contribution in [0, 0.1) is 5.92 Å². The number of carbonyl (C=O) groups is 2. The maximum atomic E-state index is 12.6. The van der Waals surface area contributed by atoms with Gasteiger partial charge in [-0.05, 0) is 49.9 Å². The molecule has 21 heavy (non-hydrogen) atoms. The van der Waals surface area contributed by atoms with Crippen LogP contribution in [0.15, 0.2) is 28.7 Å². The maximum Gasteiger partial charge on any atom is 0.307 e. The number of ether oxygens (including phenoxy) is 1. The molecule has 1 N–H and O–H groups in total. The molecule has 2 fully saturated rings. The molecule has 1 aromatic carbocycles. The van der Waals surface area contributed by atoms with Crippen LogP contribution in [0.2, 0.25) is 0 Å². The molecule has 0 radical (unpaired) electrons. The van der Waals surface area contributed by atoms with E-state index in [1.807, 2.05) is 24.3 Å². The van der Waals surface area contributed by atoms with Crippen LogP contribution in [0.25, 0.3) is 0 Å². The van der Waals surface area contributed by atoms with Gasteiger partial charge >= 0.3 is 5.97 Å². The molecule has 4 nitrogen and oxygen atoms in total. The first-order chi connectivity index (χ1) is 10.1. The quantitative estimate of drug-likeness (QED) is 0.827. The fraction of sp³-hybridized carbons (Fsp3) is 0.500. The lowest BCUT2D eigenvalue weighted by atomic mass is 9.75. The lowest BCUT2D eigenvalue weighted by Gasteiger charge is -2.36. The number of carbonyl (C=O) groups excluding carboxylic acids is 2. The summed E-state index contributed by atoms with van der Waals surface area (Å²) in [6.07, 6.45) is 5.00. The van der Waals surface area contributed by atoms with Crippen LogP contribution in [0.1, 0.15) is 38.5 Å². The Bertz CT molecular complexity index is 549. The molecule has 1 saturated carbocycles. The second-order valence-electron chi connectivity index (χ2n) is 5.85. The number of halogens is 1. The van der Waals surface area contributed by atoms with Crippen molar-refractivity contribution < 1.29 is 14.3 Å². The Labute approximate surface area is 132 Å². The minimum absolute atomic E-state index is 0.106. The monoisotopic (exact) mass is 351 g/mol. The van der Waals surface area contributed by atoms with Gasteiger partial charge in [-0.1, -0.05) is 22.4 Å². The number of nitrogens with one attached hydrogen (secondary N) is 1.